The number of amides is 1. The fourth-order valence-corrected chi connectivity index (χ4v) is 3.12. The average Bonchev–Trinajstić information content (AvgIpc) is 3.05. The molecular formula is C16H19ClN4O. The van der Waals surface area contributed by atoms with E-state index in [4.69, 9.17) is 11.6 Å². The van der Waals surface area contributed by atoms with Crippen LogP contribution in [-0.2, 0) is 4.79 Å². The summed E-state index contributed by atoms with van der Waals surface area (Å²) in [4.78, 5) is 16.5. The number of anilines is 1. The molecule has 3 rings (SSSR count). The molecule has 2 aromatic rings. The van der Waals surface area contributed by atoms with E-state index < -0.39 is 0 Å². The summed E-state index contributed by atoms with van der Waals surface area (Å²) < 4.78 is 2.00. The zero-order chi connectivity index (χ0) is 15.5. The quantitative estimate of drug-likeness (QED) is 0.940. The maximum absolute atomic E-state index is 12.4. The monoisotopic (exact) mass is 318 g/mol. The van der Waals surface area contributed by atoms with Crippen molar-refractivity contribution in [1.82, 2.24) is 14.8 Å². The minimum absolute atomic E-state index is 0.0383. The van der Waals surface area contributed by atoms with Gasteiger partial charge in [-0.2, -0.15) is 5.10 Å². The third-order valence-corrected chi connectivity index (χ3v) is 4.52. The first-order valence-corrected chi connectivity index (χ1v) is 7.93. The van der Waals surface area contributed by atoms with E-state index in [0.717, 1.165) is 31.4 Å². The molecule has 2 aromatic heterocycles. The van der Waals surface area contributed by atoms with Crippen LogP contribution in [-0.4, -0.2) is 20.7 Å². The second-order valence-corrected chi connectivity index (χ2v) is 6.19. The third kappa shape index (κ3) is 3.30. The van der Waals surface area contributed by atoms with Crippen LogP contribution in [0.15, 0.2) is 30.7 Å². The maximum atomic E-state index is 12.4. The van der Waals surface area contributed by atoms with E-state index in [1.54, 1.807) is 18.5 Å². The number of nitrogens with zero attached hydrogens (tertiary/aromatic N) is 3. The molecule has 22 heavy (non-hydrogen) atoms. The van der Waals surface area contributed by atoms with Gasteiger partial charge < -0.3 is 5.32 Å². The lowest BCUT2D eigenvalue weighted by Gasteiger charge is -2.28. The molecule has 0 aromatic carbocycles. The molecule has 1 amide bonds. The van der Waals surface area contributed by atoms with Crippen molar-refractivity contribution in [3.63, 3.8) is 0 Å². The number of halogens is 1. The highest BCUT2D eigenvalue weighted by molar-refractivity contribution is 6.33. The third-order valence-electron chi connectivity index (χ3n) is 4.22. The van der Waals surface area contributed by atoms with Crippen LogP contribution in [0.3, 0.4) is 0 Å². The van der Waals surface area contributed by atoms with E-state index >= 15 is 0 Å². The van der Waals surface area contributed by atoms with E-state index in [2.05, 4.69) is 15.4 Å². The van der Waals surface area contributed by atoms with Gasteiger partial charge in [0, 0.05) is 30.2 Å². The molecule has 0 spiro atoms. The van der Waals surface area contributed by atoms with Crippen LogP contribution in [0, 0.1) is 12.8 Å². The van der Waals surface area contributed by atoms with Gasteiger partial charge in [0.2, 0.25) is 5.91 Å². The molecule has 0 bridgehead atoms. The van der Waals surface area contributed by atoms with Crippen molar-refractivity contribution in [3.8, 4) is 0 Å². The molecule has 0 atom stereocenters. The Morgan fingerprint density at radius 1 is 1.36 bits per heavy atom. The van der Waals surface area contributed by atoms with Gasteiger partial charge in [0.15, 0.2) is 0 Å². The zero-order valence-corrected chi connectivity index (χ0v) is 13.3. The van der Waals surface area contributed by atoms with Gasteiger partial charge in [0.25, 0.3) is 0 Å². The van der Waals surface area contributed by atoms with Crippen molar-refractivity contribution in [2.75, 3.05) is 5.32 Å². The van der Waals surface area contributed by atoms with E-state index in [0.29, 0.717) is 16.8 Å². The first kappa shape index (κ1) is 15.0. The lowest BCUT2D eigenvalue weighted by Crippen LogP contribution is -2.28. The second-order valence-electron chi connectivity index (χ2n) is 5.79. The molecule has 1 fully saturated rings. The van der Waals surface area contributed by atoms with Crippen LogP contribution in [0.25, 0.3) is 0 Å². The van der Waals surface area contributed by atoms with E-state index in [9.17, 15) is 4.79 Å². The Balaban J connectivity index is 1.59. The topological polar surface area (TPSA) is 59.8 Å². The molecule has 0 saturated heterocycles. The van der Waals surface area contributed by atoms with Gasteiger partial charge in [0.1, 0.15) is 0 Å². The first-order chi connectivity index (χ1) is 10.6. The molecule has 6 heteroatoms. The summed E-state index contributed by atoms with van der Waals surface area (Å²) in [6.07, 6.45) is 9.06. The van der Waals surface area contributed by atoms with Gasteiger partial charge in [-0.1, -0.05) is 11.6 Å². The van der Waals surface area contributed by atoms with Crippen molar-refractivity contribution in [3.05, 3.63) is 41.4 Å². The Bertz CT molecular complexity index is 648. The highest BCUT2D eigenvalue weighted by Crippen LogP contribution is 2.33. The molecule has 0 aliphatic heterocycles. The lowest BCUT2D eigenvalue weighted by atomic mass is 9.85. The van der Waals surface area contributed by atoms with E-state index in [1.165, 1.54) is 0 Å². The van der Waals surface area contributed by atoms with Crippen LogP contribution < -0.4 is 5.32 Å². The average molecular weight is 319 g/mol. The largest absolute Gasteiger partial charge is 0.324 e. The number of pyridine rings is 1. The van der Waals surface area contributed by atoms with Crippen LogP contribution >= 0.6 is 11.6 Å². The normalized spacial score (nSPS) is 21.5. The number of rotatable bonds is 3. The van der Waals surface area contributed by atoms with Gasteiger partial charge in [-0.05, 0) is 44.7 Å². The highest BCUT2D eigenvalue weighted by Gasteiger charge is 2.27. The lowest BCUT2D eigenvalue weighted by molar-refractivity contribution is -0.121. The maximum Gasteiger partial charge on any atom is 0.227 e. The summed E-state index contributed by atoms with van der Waals surface area (Å²) in [5, 5.41) is 7.70. The first-order valence-electron chi connectivity index (χ1n) is 7.55. The standard InChI is InChI=1S/C16H19ClN4O/c1-11-9-15(14(17)10-18-11)20-16(22)12-3-5-13(6-4-12)21-8-2-7-19-21/h2,7-10,12-13H,3-6H2,1H3,(H,18,20,22)/t12-,13-. The zero-order valence-electron chi connectivity index (χ0n) is 12.5. The van der Waals surface area contributed by atoms with E-state index in [1.807, 2.05) is 23.9 Å². The molecular weight excluding hydrogens is 300 g/mol. The number of aromatic nitrogens is 3. The fourth-order valence-electron chi connectivity index (χ4n) is 2.97. The van der Waals surface area contributed by atoms with Gasteiger partial charge in [-0.25, -0.2) is 0 Å². The minimum Gasteiger partial charge on any atom is -0.324 e. The van der Waals surface area contributed by atoms with E-state index in [-0.39, 0.29) is 11.8 Å². The fraction of sp³-hybridized carbons (Fsp3) is 0.438. The van der Waals surface area contributed by atoms with Crippen molar-refractivity contribution < 1.29 is 4.79 Å². The van der Waals surface area contributed by atoms with Crippen molar-refractivity contribution in [1.29, 1.82) is 0 Å². The van der Waals surface area contributed by atoms with Crippen LogP contribution in [0.4, 0.5) is 5.69 Å². The van der Waals surface area contributed by atoms with Gasteiger partial charge in [-0.3, -0.25) is 14.5 Å². The summed E-state index contributed by atoms with van der Waals surface area (Å²) in [6, 6.07) is 4.15. The van der Waals surface area contributed by atoms with Gasteiger partial charge in [0.05, 0.1) is 16.8 Å². The Hall–Kier alpha value is -1.88. The molecule has 1 aliphatic carbocycles. The SMILES string of the molecule is Cc1cc(NC(=O)[C@H]2CC[C@H](n3cccn3)CC2)c(Cl)cn1. The summed E-state index contributed by atoms with van der Waals surface area (Å²) in [5.74, 6) is 0.0859. The predicted molar refractivity (Wildman–Crippen MR) is 85.8 cm³/mol. The van der Waals surface area contributed by atoms with Gasteiger partial charge >= 0.3 is 0 Å². The number of carbonyl (C=O) groups is 1. The summed E-state index contributed by atoms with van der Waals surface area (Å²) in [6.45, 7) is 1.88. The van der Waals surface area contributed by atoms with Crippen LogP contribution in [0.2, 0.25) is 5.02 Å². The molecule has 1 saturated carbocycles. The van der Waals surface area contributed by atoms with Crippen molar-refractivity contribution >= 4 is 23.2 Å². The number of aryl methyl sites for hydroxylation is 1. The van der Waals surface area contributed by atoms with Crippen molar-refractivity contribution in [2.45, 2.75) is 38.6 Å². The number of nitrogens with one attached hydrogen (secondary N) is 1. The number of hydrogen-bond acceptors (Lipinski definition) is 3. The molecule has 0 radical (unpaired) electrons. The molecule has 1 aliphatic rings. The van der Waals surface area contributed by atoms with Crippen LogP contribution in [0.1, 0.15) is 37.4 Å². The summed E-state index contributed by atoms with van der Waals surface area (Å²) in [7, 11) is 0. The number of carbonyl (C=O) groups excluding carboxylic acids is 1. The smallest absolute Gasteiger partial charge is 0.227 e. The molecule has 5 nitrogen and oxygen atoms in total. The molecule has 2 heterocycles. The summed E-state index contributed by atoms with van der Waals surface area (Å²) >= 11 is 6.08. The van der Waals surface area contributed by atoms with Gasteiger partial charge in [-0.15, -0.1) is 0 Å². The minimum atomic E-state index is 0.0383. The van der Waals surface area contributed by atoms with Crippen molar-refractivity contribution in [2.24, 2.45) is 5.92 Å². The molecule has 1 N–H and O–H groups in total. The van der Waals surface area contributed by atoms with Crippen LogP contribution in [0.5, 0.6) is 0 Å². The molecule has 0 unspecified atom stereocenters. The Kier molecular flexibility index (Phi) is 4.43. The summed E-state index contributed by atoms with van der Waals surface area (Å²) in [5.41, 5.74) is 1.48. The molecule has 116 valence electrons. The predicted octanol–water partition coefficient (Wildman–Crippen LogP) is 3.61. The Morgan fingerprint density at radius 3 is 2.82 bits per heavy atom. The Labute approximate surface area is 134 Å². The second kappa shape index (κ2) is 6.48. The number of hydrogen-bond donors (Lipinski definition) is 1. The highest BCUT2D eigenvalue weighted by atomic mass is 35.5. The Morgan fingerprint density at radius 2 is 2.14 bits per heavy atom.